The minimum absolute atomic E-state index is 0.184. The molecule has 0 fully saturated rings. The second-order valence-corrected chi connectivity index (χ2v) is 4.78. The Morgan fingerprint density at radius 3 is 2.75 bits per heavy atom. The van der Waals surface area contributed by atoms with Crippen LogP contribution in [0.4, 0.5) is 4.39 Å². The van der Waals surface area contributed by atoms with Gasteiger partial charge < -0.3 is 10.1 Å². The number of hydrogen-bond acceptors (Lipinski definition) is 3. The zero-order chi connectivity index (χ0) is 14.5. The molecule has 1 N–H and O–H groups in total. The van der Waals surface area contributed by atoms with E-state index in [0.717, 1.165) is 12.2 Å². The summed E-state index contributed by atoms with van der Waals surface area (Å²) >= 11 is 5.91. The maximum Gasteiger partial charge on any atom is 0.146 e. The lowest BCUT2D eigenvalue weighted by atomic mass is 10.2. The SMILES string of the molecule is CCNC(C)c1ccc(Oc2ccc(F)cc2Cl)cn1. The average molecular weight is 295 g/mol. The summed E-state index contributed by atoms with van der Waals surface area (Å²) in [5.74, 6) is 0.573. The molecule has 0 spiro atoms. The molecule has 1 aromatic carbocycles. The van der Waals surface area contributed by atoms with Crippen LogP contribution in [0.3, 0.4) is 0 Å². The molecule has 0 aliphatic heterocycles. The van der Waals surface area contributed by atoms with Gasteiger partial charge in [0.2, 0.25) is 0 Å². The van der Waals surface area contributed by atoms with Gasteiger partial charge in [-0.05, 0) is 43.8 Å². The van der Waals surface area contributed by atoms with Crippen LogP contribution in [0.5, 0.6) is 11.5 Å². The van der Waals surface area contributed by atoms with Crippen molar-refractivity contribution in [3.05, 3.63) is 53.1 Å². The van der Waals surface area contributed by atoms with E-state index < -0.39 is 5.82 Å². The molecule has 1 aromatic heterocycles. The molecule has 0 saturated carbocycles. The van der Waals surface area contributed by atoms with Crippen LogP contribution < -0.4 is 10.1 Å². The Morgan fingerprint density at radius 1 is 1.35 bits per heavy atom. The second-order valence-electron chi connectivity index (χ2n) is 4.37. The number of pyridine rings is 1. The molecule has 0 saturated heterocycles. The molecule has 0 amide bonds. The van der Waals surface area contributed by atoms with Crippen molar-refractivity contribution in [3.8, 4) is 11.5 Å². The van der Waals surface area contributed by atoms with Gasteiger partial charge in [-0.1, -0.05) is 18.5 Å². The highest BCUT2D eigenvalue weighted by molar-refractivity contribution is 6.32. The Labute approximate surface area is 122 Å². The number of benzene rings is 1. The van der Waals surface area contributed by atoms with Crippen LogP contribution in [0, 0.1) is 5.82 Å². The van der Waals surface area contributed by atoms with Gasteiger partial charge in [0.25, 0.3) is 0 Å². The maximum absolute atomic E-state index is 12.9. The van der Waals surface area contributed by atoms with Crippen LogP contribution >= 0.6 is 11.6 Å². The number of hydrogen-bond donors (Lipinski definition) is 1. The first-order chi connectivity index (χ1) is 9.60. The third-order valence-electron chi connectivity index (χ3n) is 2.83. The Balaban J connectivity index is 2.10. The van der Waals surface area contributed by atoms with E-state index in [1.54, 1.807) is 6.20 Å². The molecule has 20 heavy (non-hydrogen) atoms. The maximum atomic E-state index is 12.9. The summed E-state index contributed by atoms with van der Waals surface area (Å²) < 4.78 is 18.5. The lowest BCUT2D eigenvalue weighted by molar-refractivity contribution is 0.476. The fourth-order valence-corrected chi connectivity index (χ4v) is 2.01. The van der Waals surface area contributed by atoms with Gasteiger partial charge in [0, 0.05) is 6.04 Å². The number of rotatable bonds is 5. The van der Waals surface area contributed by atoms with Gasteiger partial charge in [-0.25, -0.2) is 4.39 Å². The zero-order valence-electron chi connectivity index (χ0n) is 11.4. The molecular weight excluding hydrogens is 279 g/mol. The first-order valence-corrected chi connectivity index (χ1v) is 6.80. The number of nitrogens with one attached hydrogen (secondary N) is 1. The van der Waals surface area contributed by atoms with Gasteiger partial charge in [-0.3, -0.25) is 4.98 Å². The summed E-state index contributed by atoms with van der Waals surface area (Å²) in [7, 11) is 0. The molecular formula is C15H16ClFN2O. The quantitative estimate of drug-likeness (QED) is 0.891. The first kappa shape index (κ1) is 14.8. The minimum Gasteiger partial charge on any atom is -0.454 e. The van der Waals surface area contributed by atoms with Crippen molar-refractivity contribution in [2.24, 2.45) is 0 Å². The number of halogens is 2. The van der Waals surface area contributed by atoms with Crippen molar-refractivity contribution in [2.75, 3.05) is 6.54 Å². The summed E-state index contributed by atoms with van der Waals surface area (Å²) in [4.78, 5) is 4.34. The van der Waals surface area contributed by atoms with Gasteiger partial charge in [-0.2, -0.15) is 0 Å². The monoisotopic (exact) mass is 294 g/mol. The van der Waals surface area contributed by atoms with Crippen LogP contribution in [0.2, 0.25) is 5.02 Å². The fraction of sp³-hybridized carbons (Fsp3) is 0.267. The third-order valence-corrected chi connectivity index (χ3v) is 3.13. The van der Waals surface area contributed by atoms with Crippen LogP contribution in [-0.4, -0.2) is 11.5 Å². The van der Waals surface area contributed by atoms with Crippen LogP contribution in [-0.2, 0) is 0 Å². The highest BCUT2D eigenvalue weighted by atomic mass is 35.5. The number of aromatic nitrogens is 1. The lowest BCUT2D eigenvalue weighted by Crippen LogP contribution is -2.18. The molecule has 5 heteroatoms. The van der Waals surface area contributed by atoms with E-state index in [2.05, 4.69) is 10.3 Å². The topological polar surface area (TPSA) is 34.1 Å². The molecule has 0 aliphatic carbocycles. The number of nitrogens with zero attached hydrogens (tertiary/aromatic N) is 1. The molecule has 0 radical (unpaired) electrons. The molecule has 0 aliphatic rings. The van der Waals surface area contributed by atoms with Crippen LogP contribution in [0.1, 0.15) is 25.6 Å². The minimum atomic E-state index is -0.393. The molecule has 2 rings (SSSR count). The molecule has 1 atom stereocenters. The second kappa shape index (κ2) is 6.68. The van der Waals surface area contributed by atoms with E-state index in [1.165, 1.54) is 18.2 Å². The standard InChI is InChI=1S/C15H16ClFN2O/c1-3-18-10(2)14-6-5-12(9-19-14)20-15-7-4-11(17)8-13(15)16/h4-10,18H,3H2,1-2H3. The Bertz CT molecular complexity index is 575. The van der Waals surface area contributed by atoms with Gasteiger partial charge >= 0.3 is 0 Å². The van der Waals surface area contributed by atoms with Crippen molar-refractivity contribution in [3.63, 3.8) is 0 Å². The predicted molar refractivity (Wildman–Crippen MR) is 77.8 cm³/mol. The number of ether oxygens (including phenoxy) is 1. The first-order valence-electron chi connectivity index (χ1n) is 6.42. The smallest absolute Gasteiger partial charge is 0.146 e. The summed E-state index contributed by atoms with van der Waals surface area (Å²) in [5, 5.41) is 3.51. The average Bonchev–Trinajstić information content (AvgIpc) is 2.43. The summed E-state index contributed by atoms with van der Waals surface area (Å²) in [5.41, 5.74) is 0.935. The van der Waals surface area contributed by atoms with Gasteiger partial charge in [0.1, 0.15) is 17.3 Å². The van der Waals surface area contributed by atoms with E-state index in [9.17, 15) is 4.39 Å². The van der Waals surface area contributed by atoms with Crippen molar-refractivity contribution >= 4 is 11.6 Å². The molecule has 1 heterocycles. The Hall–Kier alpha value is -1.65. The highest BCUT2D eigenvalue weighted by Gasteiger charge is 2.07. The van der Waals surface area contributed by atoms with Gasteiger partial charge in [0.05, 0.1) is 16.9 Å². The van der Waals surface area contributed by atoms with Crippen molar-refractivity contribution < 1.29 is 9.13 Å². The molecule has 106 valence electrons. The van der Waals surface area contributed by atoms with E-state index in [4.69, 9.17) is 16.3 Å². The zero-order valence-corrected chi connectivity index (χ0v) is 12.1. The van der Waals surface area contributed by atoms with E-state index in [0.29, 0.717) is 11.5 Å². The molecule has 3 nitrogen and oxygen atoms in total. The largest absolute Gasteiger partial charge is 0.454 e. The van der Waals surface area contributed by atoms with Crippen LogP contribution in [0.25, 0.3) is 0 Å². The fourth-order valence-electron chi connectivity index (χ4n) is 1.80. The summed E-state index contributed by atoms with van der Waals surface area (Å²) in [6, 6.07) is 7.90. The van der Waals surface area contributed by atoms with Crippen molar-refractivity contribution in [2.45, 2.75) is 19.9 Å². The Morgan fingerprint density at radius 2 is 2.15 bits per heavy atom. The third kappa shape index (κ3) is 3.68. The van der Waals surface area contributed by atoms with E-state index >= 15 is 0 Å². The normalized spacial score (nSPS) is 12.2. The molecule has 2 aromatic rings. The molecule has 0 bridgehead atoms. The van der Waals surface area contributed by atoms with Crippen LogP contribution in [0.15, 0.2) is 36.5 Å². The summed E-state index contributed by atoms with van der Waals surface area (Å²) in [6.45, 7) is 4.97. The van der Waals surface area contributed by atoms with E-state index in [1.807, 2.05) is 26.0 Å². The van der Waals surface area contributed by atoms with Crippen molar-refractivity contribution in [1.82, 2.24) is 10.3 Å². The van der Waals surface area contributed by atoms with Crippen molar-refractivity contribution in [1.29, 1.82) is 0 Å². The predicted octanol–water partition coefficient (Wildman–Crippen LogP) is 4.34. The lowest BCUT2D eigenvalue weighted by Gasteiger charge is -2.12. The van der Waals surface area contributed by atoms with Gasteiger partial charge in [0.15, 0.2) is 0 Å². The highest BCUT2D eigenvalue weighted by Crippen LogP contribution is 2.29. The summed E-state index contributed by atoms with van der Waals surface area (Å²) in [6.07, 6.45) is 1.63. The van der Waals surface area contributed by atoms with E-state index in [-0.39, 0.29) is 11.1 Å². The van der Waals surface area contributed by atoms with Gasteiger partial charge in [-0.15, -0.1) is 0 Å². The molecule has 1 unspecified atom stereocenters. The Kier molecular flexibility index (Phi) is 4.93.